The largest absolute Gasteiger partial charge is 0.375 e. The van der Waals surface area contributed by atoms with Crippen LogP contribution in [0.4, 0.5) is 10.9 Å². The molecule has 2 atom stereocenters. The Hall–Kier alpha value is -1.66. The van der Waals surface area contributed by atoms with Gasteiger partial charge in [-0.25, -0.2) is 9.97 Å². The Bertz CT molecular complexity index is 590. The predicted molar refractivity (Wildman–Crippen MR) is 82.0 cm³/mol. The molecular formula is C14H18N4OS. The van der Waals surface area contributed by atoms with E-state index in [4.69, 9.17) is 15.5 Å². The molecule has 1 saturated heterocycles. The molecule has 0 amide bonds. The third-order valence-corrected chi connectivity index (χ3v) is 3.94. The molecule has 0 aromatic carbocycles. The first-order valence-corrected chi connectivity index (χ1v) is 7.58. The minimum absolute atomic E-state index is 0.221. The molecule has 0 radical (unpaired) electrons. The summed E-state index contributed by atoms with van der Waals surface area (Å²) >= 11 is 1.43. The minimum atomic E-state index is 0.221. The van der Waals surface area contributed by atoms with Crippen molar-refractivity contribution < 1.29 is 4.74 Å². The van der Waals surface area contributed by atoms with E-state index in [0.29, 0.717) is 5.13 Å². The molecule has 0 saturated carbocycles. The van der Waals surface area contributed by atoms with Gasteiger partial charge in [-0.2, -0.15) is 0 Å². The van der Waals surface area contributed by atoms with Gasteiger partial charge in [-0.3, -0.25) is 0 Å². The van der Waals surface area contributed by atoms with Gasteiger partial charge in [0.05, 0.1) is 17.9 Å². The van der Waals surface area contributed by atoms with Crippen molar-refractivity contribution in [1.82, 2.24) is 9.97 Å². The molecule has 2 aromatic rings. The van der Waals surface area contributed by atoms with Gasteiger partial charge >= 0.3 is 0 Å². The van der Waals surface area contributed by atoms with Gasteiger partial charge in [-0.1, -0.05) is 6.07 Å². The number of nitrogens with two attached hydrogens (primary N) is 1. The van der Waals surface area contributed by atoms with Crippen LogP contribution in [0.15, 0.2) is 23.6 Å². The smallest absolute Gasteiger partial charge is 0.180 e. The lowest BCUT2D eigenvalue weighted by Crippen LogP contribution is -2.45. The molecule has 6 heteroatoms. The standard InChI is InChI=1S/C14H18N4OS/c1-9-6-18(7-10(2)19-9)13-5-3-4-11(16-13)12-8-20-14(15)17-12/h3-5,8-10H,6-7H2,1-2H3,(H2,15,17). The summed E-state index contributed by atoms with van der Waals surface area (Å²) in [6.45, 7) is 5.90. The first-order valence-electron chi connectivity index (χ1n) is 6.70. The van der Waals surface area contributed by atoms with E-state index in [2.05, 4.69) is 23.7 Å². The van der Waals surface area contributed by atoms with E-state index in [1.807, 2.05) is 23.6 Å². The summed E-state index contributed by atoms with van der Waals surface area (Å²) in [6.07, 6.45) is 0.443. The highest BCUT2D eigenvalue weighted by Gasteiger charge is 2.23. The lowest BCUT2D eigenvalue weighted by atomic mass is 10.2. The van der Waals surface area contributed by atoms with Crippen LogP contribution < -0.4 is 10.6 Å². The van der Waals surface area contributed by atoms with Gasteiger partial charge < -0.3 is 15.4 Å². The number of thiazole rings is 1. The fraction of sp³-hybridized carbons (Fsp3) is 0.429. The Kier molecular flexibility index (Phi) is 3.58. The lowest BCUT2D eigenvalue weighted by Gasteiger charge is -2.36. The van der Waals surface area contributed by atoms with Gasteiger partial charge in [0.15, 0.2) is 5.13 Å². The molecule has 5 nitrogen and oxygen atoms in total. The third kappa shape index (κ3) is 2.76. The van der Waals surface area contributed by atoms with E-state index >= 15 is 0 Å². The summed E-state index contributed by atoms with van der Waals surface area (Å²) < 4.78 is 5.76. The van der Waals surface area contributed by atoms with Crippen LogP contribution >= 0.6 is 11.3 Å². The highest BCUT2D eigenvalue weighted by molar-refractivity contribution is 7.13. The number of nitrogen functional groups attached to an aromatic ring is 1. The molecule has 20 heavy (non-hydrogen) atoms. The van der Waals surface area contributed by atoms with Crippen molar-refractivity contribution in [2.45, 2.75) is 26.1 Å². The van der Waals surface area contributed by atoms with Crippen LogP contribution in [0, 0.1) is 0 Å². The zero-order valence-electron chi connectivity index (χ0n) is 11.6. The van der Waals surface area contributed by atoms with Gasteiger partial charge in [0.25, 0.3) is 0 Å². The molecule has 0 bridgehead atoms. The van der Waals surface area contributed by atoms with E-state index in [1.54, 1.807) is 0 Å². The van der Waals surface area contributed by atoms with Crippen molar-refractivity contribution in [3.05, 3.63) is 23.6 Å². The maximum Gasteiger partial charge on any atom is 0.180 e. The lowest BCUT2D eigenvalue weighted by molar-refractivity contribution is -0.00545. The third-order valence-electron chi connectivity index (χ3n) is 3.26. The molecule has 106 valence electrons. The summed E-state index contributed by atoms with van der Waals surface area (Å²) in [7, 11) is 0. The first-order chi connectivity index (χ1) is 9.61. The fourth-order valence-electron chi connectivity index (χ4n) is 2.51. The molecule has 0 spiro atoms. The molecule has 1 aliphatic heterocycles. The second-order valence-corrected chi connectivity index (χ2v) is 6.00. The van der Waals surface area contributed by atoms with E-state index in [-0.39, 0.29) is 12.2 Å². The van der Waals surface area contributed by atoms with Crippen LogP contribution in [-0.2, 0) is 4.74 Å². The second kappa shape index (κ2) is 5.38. The Morgan fingerprint density at radius 3 is 2.60 bits per heavy atom. The molecule has 0 aliphatic carbocycles. The maximum atomic E-state index is 5.76. The molecule has 1 aliphatic rings. The first kappa shape index (κ1) is 13.3. The Balaban J connectivity index is 1.87. The molecule has 1 fully saturated rings. The second-order valence-electron chi connectivity index (χ2n) is 5.11. The van der Waals surface area contributed by atoms with E-state index in [0.717, 1.165) is 30.3 Å². The predicted octanol–water partition coefficient (Wildman–Crippen LogP) is 2.40. The van der Waals surface area contributed by atoms with Gasteiger partial charge in [0.2, 0.25) is 0 Å². The molecular weight excluding hydrogens is 272 g/mol. The number of ether oxygens (including phenoxy) is 1. The molecule has 3 rings (SSSR count). The summed E-state index contributed by atoms with van der Waals surface area (Å²) in [6, 6.07) is 6.01. The number of morpholine rings is 1. The van der Waals surface area contributed by atoms with Crippen LogP contribution in [0.5, 0.6) is 0 Å². The normalized spacial score (nSPS) is 23.0. The van der Waals surface area contributed by atoms with Gasteiger partial charge in [0.1, 0.15) is 11.5 Å². The maximum absolute atomic E-state index is 5.76. The average molecular weight is 290 g/mol. The van der Waals surface area contributed by atoms with Crippen LogP contribution in [0.2, 0.25) is 0 Å². The van der Waals surface area contributed by atoms with Crippen LogP contribution in [0.1, 0.15) is 13.8 Å². The summed E-state index contributed by atoms with van der Waals surface area (Å²) in [4.78, 5) is 11.3. The number of hydrogen-bond donors (Lipinski definition) is 1. The topological polar surface area (TPSA) is 64.3 Å². The highest BCUT2D eigenvalue weighted by atomic mass is 32.1. The number of pyridine rings is 1. The number of hydrogen-bond acceptors (Lipinski definition) is 6. The molecule has 2 unspecified atom stereocenters. The number of rotatable bonds is 2. The SMILES string of the molecule is CC1CN(c2cccc(-c3csc(N)n3)n2)CC(C)O1. The molecule has 2 aromatic heterocycles. The van der Waals surface area contributed by atoms with E-state index < -0.39 is 0 Å². The van der Waals surface area contributed by atoms with Crippen molar-refractivity contribution in [2.75, 3.05) is 23.7 Å². The monoisotopic (exact) mass is 290 g/mol. The quantitative estimate of drug-likeness (QED) is 0.920. The summed E-state index contributed by atoms with van der Waals surface area (Å²) in [5.74, 6) is 0.969. The van der Waals surface area contributed by atoms with Crippen molar-refractivity contribution in [3.8, 4) is 11.4 Å². The van der Waals surface area contributed by atoms with Gasteiger partial charge in [0, 0.05) is 18.5 Å². The van der Waals surface area contributed by atoms with Gasteiger partial charge in [-0.15, -0.1) is 11.3 Å². The summed E-state index contributed by atoms with van der Waals surface area (Å²) in [5.41, 5.74) is 7.39. The average Bonchev–Trinajstić information content (AvgIpc) is 2.85. The van der Waals surface area contributed by atoms with Crippen LogP contribution in [0.3, 0.4) is 0 Å². The summed E-state index contributed by atoms with van der Waals surface area (Å²) in [5, 5.41) is 2.51. The van der Waals surface area contributed by atoms with Gasteiger partial charge in [-0.05, 0) is 26.0 Å². The van der Waals surface area contributed by atoms with E-state index in [1.165, 1.54) is 11.3 Å². The number of nitrogens with zero attached hydrogens (tertiary/aromatic N) is 3. The van der Waals surface area contributed by atoms with Crippen molar-refractivity contribution in [3.63, 3.8) is 0 Å². The Morgan fingerprint density at radius 2 is 1.95 bits per heavy atom. The molecule has 3 heterocycles. The highest BCUT2D eigenvalue weighted by Crippen LogP contribution is 2.25. The minimum Gasteiger partial charge on any atom is -0.375 e. The van der Waals surface area contributed by atoms with E-state index in [9.17, 15) is 0 Å². The Labute approximate surface area is 122 Å². The zero-order valence-corrected chi connectivity index (χ0v) is 12.4. The fourth-order valence-corrected chi connectivity index (χ4v) is 3.07. The van der Waals surface area contributed by atoms with Crippen molar-refractivity contribution in [1.29, 1.82) is 0 Å². The number of aromatic nitrogens is 2. The Morgan fingerprint density at radius 1 is 1.20 bits per heavy atom. The molecule has 2 N–H and O–H groups in total. The van der Waals surface area contributed by atoms with Crippen LogP contribution in [0.25, 0.3) is 11.4 Å². The number of anilines is 2. The van der Waals surface area contributed by atoms with Crippen LogP contribution in [-0.4, -0.2) is 35.3 Å². The van der Waals surface area contributed by atoms with Crippen molar-refractivity contribution in [2.24, 2.45) is 0 Å². The van der Waals surface area contributed by atoms with Crippen molar-refractivity contribution >= 4 is 22.3 Å². The zero-order chi connectivity index (χ0) is 14.1.